The summed E-state index contributed by atoms with van der Waals surface area (Å²) in [4.78, 5) is 6.17. The normalized spacial score (nSPS) is 12.6. The van der Waals surface area contributed by atoms with E-state index in [2.05, 4.69) is 41.4 Å². The molecular weight excluding hydrogens is 237 g/mol. The van der Waals surface area contributed by atoms with Crippen molar-refractivity contribution in [2.45, 2.75) is 13.3 Å². The van der Waals surface area contributed by atoms with Gasteiger partial charge in [-0.2, -0.15) is 6.08 Å². The number of hydrogen-bond acceptors (Lipinski definition) is 1. The van der Waals surface area contributed by atoms with Gasteiger partial charge in [-0.05, 0) is 6.33 Å². The summed E-state index contributed by atoms with van der Waals surface area (Å²) in [6.45, 7) is 2.06. The maximum Gasteiger partial charge on any atom is 2.00 e. The van der Waals surface area contributed by atoms with Crippen LogP contribution in [0.5, 0.6) is 0 Å². The van der Waals surface area contributed by atoms with E-state index in [1.807, 2.05) is 0 Å². The first-order valence-corrected chi connectivity index (χ1v) is 3.49. The molecule has 1 heterocycles. The summed E-state index contributed by atoms with van der Waals surface area (Å²) < 4.78 is 0. The first-order valence-electron chi connectivity index (χ1n) is 3.49. The minimum atomic E-state index is 0. The number of imidazole rings is 1. The zero-order valence-corrected chi connectivity index (χ0v) is 8.56. The molecule has 1 aromatic rings. The van der Waals surface area contributed by atoms with Crippen molar-refractivity contribution in [2.24, 2.45) is 0 Å². The number of rotatable bonds is 0. The van der Waals surface area contributed by atoms with Crippen molar-refractivity contribution in [3.63, 3.8) is 0 Å². The van der Waals surface area contributed by atoms with Crippen LogP contribution >= 0.6 is 0 Å². The summed E-state index contributed by atoms with van der Waals surface area (Å²) in [5.41, 5.74) is 1.27. The summed E-state index contributed by atoms with van der Waals surface area (Å²) in [6.07, 6.45) is 14.2. The maximum atomic E-state index is 3.54. The van der Waals surface area contributed by atoms with Crippen LogP contribution in [0.25, 0.3) is 0 Å². The number of nitrogens with zero attached hydrogens (tertiary/aromatic N) is 1. The van der Waals surface area contributed by atoms with Gasteiger partial charge in [0.2, 0.25) is 0 Å². The van der Waals surface area contributed by atoms with E-state index in [4.69, 9.17) is 0 Å². The Morgan fingerprint density at radius 1 is 1.58 bits per heavy atom. The second-order valence-corrected chi connectivity index (χ2v) is 2.17. The Kier molecular flexibility index (Phi) is 6.59. The zero-order valence-electron chi connectivity index (χ0n) is 6.82. The fraction of sp³-hybridized carbons (Fsp3) is 0.222. The molecule has 0 bridgehead atoms. The zero-order chi connectivity index (χ0) is 7.94. The predicted molar refractivity (Wildman–Crippen MR) is 43.6 cm³/mol. The monoisotopic (exact) mass is 248 g/mol. The van der Waals surface area contributed by atoms with Gasteiger partial charge in [0.25, 0.3) is 0 Å². The van der Waals surface area contributed by atoms with E-state index in [0.717, 1.165) is 6.42 Å². The fourth-order valence-corrected chi connectivity index (χ4v) is 0.701. The summed E-state index contributed by atoms with van der Waals surface area (Å²) in [7, 11) is 0. The smallest absolute Gasteiger partial charge is 0.467 e. The molecule has 64 valence electrons. The maximum absolute atomic E-state index is 3.54. The fourth-order valence-electron chi connectivity index (χ4n) is 0.701. The van der Waals surface area contributed by atoms with Crippen molar-refractivity contribution in [1.82, 2.24) is 9.97 Å². The van der Waals surface area contributed by atoms with Crippen molar-refractivity contribution >= 4 is 0 Å². The van der Waals surface area contributed by atoms with Crippen LogP contribution in [-0.4, -0.2) is 9.97 Å². The van der Waals surface area contributed by atoms with Gasteiger partial charge in [-0.25, -0.2) is 11.6 Å². The van der Waals surface area contributed by atoms with Gasteiger partial charge in [0.1, 0.15) is 0 Å². The molecule has 0 fully saturated rings. The molecule has 1 aliphatic rings. The Hall–Kier alpha value is -0.687. The Labute approximate surface area is 85.6 Å². The Morgan fingerprint density at radius 3 is 2.58 bits per heavy atom. The molecule has 3 heteroatoms. The second-order valence-electron chi connectivity index (χ2n) is 2.17. The third-order valence-corrected chi connectivity index (χ3v) is 1.23. The van der Waals surface area contributed by atoms with Crippen molar-refractivity contribution in [3.05, 3.63) is 42.5 Å². The van der Waals surface area contributed by atoms with Gasteiger partial charge in [-0.3, -0.25) is 6.08 Å². The molecule has 0 saturated carbocycles. The van der Waals surface area contributed by atoms with E-state index >= 15 is 0 Å². The molecule has 1 aliphatic carbocycles. The van der Waals surface area contributed by atoms with Crippen LogP contribution in [0.1, 0.15) is 13.3 Å². The summed E-state index contributed by atoms with van der Waals surface area (Å²) in [6, 6.07) is 0. The number of nitrogens with one attached hydrogen (secondary N) is 1. The minimum Gasteiger partial charge on any atom is -0.467 e. The Balaban J connectivity index is 0.000000189. The third-order valence-electron chi connectivity index (χ3n) is 1.23. The van der Waals surface area contributed by atoms with Gasteiger partial charge in [-0.15, -0.1) is 18.8 Å². The Morgan fingerprint density at radius 2 is 2.42 bits per heavy atom. The molecule has 0 spiro atoms. The third kappa shape index (κ3) is 5.03. The van der Waals surface area contributed by atoms with Gasteiger partial charge < -0.3 is 9.97 Å². The Bertz CT molecular complexity index is 217. The van der Waals surface area contributed by atoms with Crippen molar-refractivity contribution in [1.29, 1.82) is 0 Å². The summed E-state index contributed by atoms with van der Waals surface area (Å²) in [5.74, 6) is 0. The molecule has 2 nitrogen and oxygen atoms in total. The van der Waals surface area contributed by atoms with Gasteiger partial charge in [0.15, 0.2) is 0 Å². The van der Waals surface area contributed by atoms with E-state index in [9.17, 15) is 0 Å². The molecule has 0 saturated heterocycles. The standard InChI is InChI=1S/C6H7.C3H3N2.Ru/c1-6-4-2-3-5-6;1-2-5-3-4-1;/h2,4H,3H2,1H3;1-2H,(H,4,5);/q2*-1;+2. The topological polar surface area (TPSA) is 28.7 Å². The van der Waals surface area contributed by atoms with Crippen LogP contribution < -0.4 is 0 Å². The van der Waals surface area contributed by atoms with Gasteiger partial charge >= 0.3 is 19.5 Å². The van der Waals surface area contributed by atoms with Crippen LogP contribution in [0.15, 0.2) is 30.1 Å². The van der Waals surface area contributed by atoms with Gasteiger partial charge in [0, 0.05) is 0 Å². The molecule has 0 aliphatic heterocycles. The van der Waals surface area contributed by atoms with E-state index in [1.54, 1.807) is 12.4 Å². The first-order chi connectivity index (χ1) is 5.39. The van der Waals surface area contributed by atoms with E-state index in [-0.39, 0.29) is 19.5 Å². The second kappa shape index (κ2) is 6.99. The van der Waals surface area contributed by atoms with Crippen molar-refractivity contribution in [2.75, 3.05) is 0 Å². The number of hydrogen-bond donors (Lipinski definition) is 1. The van der Waals surface area contributed by atoms with Gasteiger partial charge in [0.05, 0.1) is 0 Å². The molecule has 0 amide bonds. The van der Waals surface area contributed by atoms with Gasteiger partial charge in [-0.1, -0.05) is 6.92 Å². The SMILES string of the molecule is CC1=[C-]CC=C1.[Ru+2].[c-]1ncc[nH]1. The number of aromatic nitrogens is 2. The minimum absolute atomic E-state index is 0. The van der Waals surface area contributed by atoms with E-state index in [1.165, 1.54) is 5.57 Å². The average molecular weight is 247 g/mol. The average Bonchev–Trinajstić information content (AvgIpc) is 2.57. The number of H-pyrrole nitrogens is 1. The molecule has 2 rings (SSSR count). The number of allylic oxidation sites excluding steroid dienone is 4. The predicted octanol–water partition coefficient (Wildman–Crippen LogP) is 1.90. The molecule has 0 unspecified atom stereocenters. The molecule has 12 heavy (non-hydrogen) atoms. The molecule has 1 N–H and O–H groups in total. The van der Waals surface area contributed by atoms with Crippen molar-refractivity contribution < 1.29 is 19.5 Å². The largest absolute Gasteiger partial charge is 2.00 e. The quantitative estimate of drug-likeness (QED) is 0.550. The molecule has 1 aromatic heterocycles. The van der Waals surface area contributed by atoms with Crippen molar-refractivity contribution in [3.8, 4) is 0 Å². The van der Waals surface area contributed by atoms with Crippen LogP contribution in [-0.2, 0) is 19.5 Å². The van der Waals surface area contributed by atoms with Crippen LogP contribution in [0, 0.1) is 12.4 Å². The first kappa shape index (κ1) is 11.3. The van der Waals surface area contributed by atoms with Crippen LogP contribution in [0.4, 0.5) is 0 Å². The van der Waals surface area contributed by atoms with Crippen LogP contribution in [0.2, 0.25) is 0 Å². The van der Waals surface area contributed by atoms with Crippen LogP contribution in [0.3, 0.4) is 0 Å². The van der Waals surface area contributed by atoms with E-state index in [0.29, 0.717) is 0 Å². The molecular formula is C9H10N2Ru. The number of aromatic amines is 1. The van der Waals surface area contributed by atoms with E-state index < -0.39 is 0 Å². The molecule has 0 radical (unpaired) electrons. The molecule has 0 aromatic carbocycles. The summed E-state index contributed by atoms with van der Waals surface area (Å²) >= 11 is 0. The molecule has 0 atom stereocenters. The summed E-state index contributed by atoms with van der Waals surface area (Å²) in [5, 5.41) is 0.